The number of rotatable bonds is 5. The largest absolute Gasteiger partial charge is 0.451 e. The molecule has 2 aliphatic rings. The lowest BCUT2D eigenvalue weighted by atomic mass is 9.74. The van der Waals surface area contributed by atoms with Crippen LogP contribution >= 0.6 is 0 Å². The molecule has 0 unspecified atom stereocenters. The van der Waals surface area contributed by atoms with E-state index in [0.717, 1.165) is 35.2 Å². The summed E-state index contributed by atoms with van der Waals surface area (Å²) in [5, 5.41) is 13.7. The number of tetrazole rings is 1. The molecule has 1 spiro atoms. The molecule has 6 rings (SSSR count). The first kappa shape index (κ1) is 23.1. The van der Waals surface area contributed by atoms with Crippen LogP contribution in [0.4, 0.5) is 5.69 Å². The number of carbonyl (C=O) groups is 2. The number of piperidine rings is 1. The maximum atomic E-state index is 13.3. The van der Waals surface area contributed by atoms with Crippen molar-refractivity contribution in [2.24, 2.45) is 5.73 Å². The number of anilines is 1. The van der Waals surface area contributed by atoms with Gasteiger partial charge in [-0.3, -0.25) is 9.59 Å². The number of amides is 2. The van der Waals surface area contributed by atoms with Crippen molar-refractivity contribution in [2.75, 3.05) is 24.5 Å². The molecule has 0 radical (unpaired) electrons. The molecule has 0 bridgehead atoms. The molecule has 3 N–H and O–H groups in total. The summed E-state index contributed by atoms with van der Waals surface area (Å²) in [5.74, 6) is 1.26. The molecule has 0 aliphatic carbocycles. The molecule has 37 heavy (non-hydrogen) atoms. The van der Waals surface area contributed by atoms with Gasteiger partial charge in [-0.25, -0.2) is 5.10 Å². The first-order chi connectivity index (χ1) is 18.1. The second-order valence-corrected chi connectivity index (χ2v) is 9.66. The molecule has 10 nitrogen and oxygen atoms in total. The van der Waals surface area contributed by atoms with Crippen molar-refractivity contribution in [1.29, 1.82) is 0 Å². The third kappa shape index (κ3) is 4.19. The van der Waals surface area contributed by atoms with Gasteiger partial charge in [-0.1, -0.05) is 42.5 Å². The molecule has 4 heterocycles. The van der Waals surface area contributed by atoms with Crippen LogP contribution in [0.5, 0.6) is 0 Å². The Labute approximate surface area is 213 Å². The van der Waals surface area contributed by atoms with E-state index in [0.29, 0.717) is 43.5 Å². The number of nitrogens with two attached hydrogens (primary N) is 1. The van der Waals surface area contributed by atoms with Crippen LogP contribution in [0.3, 0.4) is 0 Å². The van der Waals surface area contributed by atoms with E-state index in [9.17, 15) is 9.59 Å². The van der Waals surface area contributed by atoms with Gasteiger partial charge >= 0.3 is 0 Å². The summed E-state index contributed by atoms with van der Waals surface area (Å²) in [5.41, 5.74) is 9.68. The zero-order valence-electron chi connectivity index (χ0n) is 20.3. The van der Waals surface area contributed by atoms with Gasteiger partial charge in [-0.15, -0.1) is 5.10 Å². The minimum absolute atomic E-state index is 0.0697. The quantitative estimate of drug-likeness (QED) is 0.433. The summed E-state index contributed by atoms with van der Waals surface area (Å²) in [7, 11) is 0. The fourth-order valence-corrected chi connectivity index (χ4v) is 5.49. The predicted octanol–water partition coefficient (Wildman–Crippen LogP) is 2.68. The highest BCUT2D eigenvalue weighted by Crippen LogP contribution is 2.47. The lowest BCUT2D eigenvalue weighted by Gasteiger charge is -2.39. The number of H-pyrrole nitrogens is 1. The number of likely N-dealkylation sites (tertiary alicyclic amines) is 1. The highest BCUT2D eigenvalue weighted by atomic mass is 16.4. The Bertz CT molecular complexity index is 1420. The Balaban J connectivity index is 1.21. The average Bonchev–Trinajstić information content (AvgIpc) is 3.70. The lowest BCUT2D eigenvalue weighted by Crippen LogP contribution is -2.48. The predicted molar refractivity (Wildman–Crippen MR) is 136 cm³/mol. The number of hydrogen-bond acceptors (Lipinski definition) is 7. The normalized spacial score (nSPS) is 16.2. The van der Waals surface area contributed by atoms with Crippen LogP contribution in [0.15, 0.2) is 65.1 Å². The molecule has 4 aromatic rings. The number of carbonyl (C=O) groups excluding carboxylic acids is 2. The minimum Gasteiger partial charge on any atom is -0.451 e. The zero-order chi connectivity index (χ0) is 25.4. The van der Waals surface area contributed by atoms with Crippen molar-refractivity contribution < 1.29 is 14.0 Å². The molecule has 1 fully saturated rings. The Kier molecular flexibility index (Phi) is 5.80. The number of aromatic amines is 1. The van der Waals surface area contributed by atoms with Crippen LogP contribution in [0.25, 0.3) is 11.3 Å². The summed E-state index contributed by atoms with van der Waals surface area (Å²) in [6.45, 7) is 2.12. The summed E-state index contributed by atoms with van der Waals surface area (Å²) in [6.07, 6.45) is 1.56. The first-order valence-corrected chi connectivity index (χ1v) is 12.4. The smallest absolute Gasteiger partial charge is 0.289 e. The van der Waals surface area contributed by atoms with E-state index in [1.54, 1.807) is 6.07 Å². The van der Waals surface area contributed by atoms with E-state index in [1.165, 1.54) is 0 Å². The van der Waals surface area contributed by atoms with Gasteiger partial charge in [0.15, 0.2) is 11.6 Å². The van der Waals surface area contributed by atoms with Gasteiger partial charge in [0.05, 0.1) is 6.42 Å². The zero-order valence-corrected chi connectivity index (χ0v) is 20.3. The Morgan fingerprint density at radius 1 is 1.05 bits per heavy atom. The van der Waals surface area contributed by atoms with Gasteiger partial charge in [-0.2, -0.15) is 0 Å². The standard InChI is InChI=1S/C27H27N7O3/c28-16-18-6-7-21-20(14-18)27(17-34(21)25(35)15-24-29-31-32-30-24)10-12-33(13-11-27)26(36)23-9-8-22(37-23)19-4-2-1-3-5-19/h1-9,14H,10-13,15-17,28H2,(H,29,30,31,32). The molecular weight excluding hydrogens is 470 g/mol. The average molecular weight is 498 g/mol. The Morgan fingerprint density at radius 2 is 1.86 bits per heavy atom. The lowest BCUT2D eigenvalue weighted by molar-refractivity contribution is -0.118. The van der Waals surface area contributed by atoms with Gasteiger partial charge in [0.25, 0.3) is 5.91 Å². The van der Waals surface area contributed by atoms with Crippen molar-refractivity contribution in [3.63, 3.8) is 0 Å². The van der Waals surface area contributed by atoms with E-state index >= 15 is 0 Å². The van der Waals surface area contributed by atoms with Crippen molar-refractivity contribution >= 4 is 17.5 Å². The third-order valence-corrected chi connectivity index (χ3v) is 7.51. The first-order valence-electron chi connectivity index (χ1n) is 12.4. The molecule has 1 saturated heterocycles. The Hall–Kier alpha value is -4.31. The van der Waals surface area contributed by atoms with Crippen LogP contribution < -0.4 is 10.6 Å². The monoisotopic (exact) mass is 497 g/mol. The van der Waals surface area contributed by atoms with Crippen molar-refractivity contribution in [1.82, 2.24) is 25.5 Å². The van der Waals surface area contributed by atoms with Crippen molar-refractivity contribution in [3.05, 3.63) is 83.4 Å². The minimum atomic E-state index is -0.245. The number of hydrogen-bond donors (Lipinski definition) is 2. The van der Waals surface area contributed by atoms with E-state index in [-0.39, 0.29) is 23.7 Å². The molecule has 10 heteroatoms. The second kappa shape index (κ2) is 9.29. The highest BCUT2D eigenvalue weighted by molar-refractivity contribution is 5.97. The van der Waals surface area contributed by atoms with E-state index < -0.39 is 0 Å². The second-order valence-electron chi connectivity index (χ2n) is 9.66. The number of furan rings is 1. The van der Waals surface area contributed by atoms with Crippen LogP contribution in [0, 0.1) is 0 Å². The van der Waals surface area contributed by atoms with Crippen LogP contribution in [0.2, 0.25) is 0 Å². The van der Waals surface area contributed by atoms with Gasteiger partial charge in [0.2, 0.25) is 5.91 Å². The number of nitrogens with one attached hydrogen (secondary N) is 1. The van der Waals surface area contributed by atoms with Crippen molar-refractivity contribution in [3.8, 4) is 11.3 Å². The maximum absolute atomic E-state index is 13.3. The summed E-state index contributed by atoms with van der Waals surface area (Å²) < 4.78 is 5.91. The van der Waals surface area contributed by atoms with Crippen LogP contribution in [-0.2, 0) is 23.2 Å². The van der Waals surface area contributed by atoms with Gasteiger partial charge in [0.1, 0.15) is 5.76 Å². The third-order valence-electron chi connectivity index (χ3n) is 7.51. The van der Waals surface area contributed by atoms with Gasteiger partial charge in [0, 0.05) is 42.8 Å². The van der Waals surface area contributed by atoms with Crippen LogP contribution in [0.1, 0.15) is 40.3 Å². The number of fused-ring (bicyclic) bond motifs is 2. The fraction of sp³-hybridized carbons (Fsp3) is 0.296. The number of nitrogens with zero attached hydrogens (tertiary/aromatic N) is 5. The van der Waals surface area contributed by atoms with E-state index in [4.69, 9.17) is 10.2 Å². The van der Waals surface area contributed by atoms with Crippen LogP contribution in [-0.4, -0.2) is 57.0 Å². The molecule has 0 atom stereocenters. The topological polar surface area (TPSA) is 134 Å². The van der Waals surface area contributed by atoms with Gasteiger partial charge in [-0.05, 0) is 52.6 Å². The van der Waals surface area contributed by atoms with Crippen molar-refractivity contribution in [2.45, 2.75) is 31.2 Å². The fourth-order valence-electron chi connectivity index (χ4n) is 5.49. The SMILES string of the molecule is NCc1ccc2c(c1)C1(CCN(C(=O)c3ccc(-c4ccccc4)o3)CC1)CN2C(=O)Cc1nnn[nH]1. The molecule has 2 amide bonds. The van der Waals surface area contributed by atoms with E-state index in [1.807, 2.05) is 58.3 Å². The van der Waals surface area contributed by atoms with Gasteiger partial charge < -0.3 is 20.0 Å². The number of benzene rings is 2. The maximum Gasteiger partial charge on any atom is 0.289 e. The highest BCUT2D eigenvalue weighted by Gasteiger charge is 2.47. The number of aromatic nitrogens is 4. The molecule has 2 aliphatic heterocycles. The summed E-state index contributed by atoms with van der Waals surface area (Å²) in [4.78, 5) is 30.2. The molecule has 188 valence electrons. The molecule has 0 saturated carbocycles. The molecule has 2 aromatic heterocycles. The summed E-state index contributed by atoms with van der Waals surface area (Å²) in [6, 6.07) is 19.4. The van der Waals surface area contributed by atoms with E-state index in [2.05, 4.69) is 26.7 Å². The molecular formula is C27H27N7O3. The summed E-state index contributed by atoms with van der Waals surface area (Å²) >= 11 is 0. The Morgan fingerprint density at radius 3 is 2.59 bits per heavy atom. The molecule has 2 aromatic carbocycles.